The second kappa shape index (κ2) is 10.3. The highest BCUT2D eigenvalue weighted by atomic mass is 19.1. The predicted molar refractivity (Wildman–Crippen MR) is 108 cm³/mol. The quantitative estimate of drug-likeness (QED) is 0.386. The predicted octanol–water partition coefficient (Wildman–Crippen LogP) is 4.63. The Hall–Kier alpha value is -3.02. The van der Waals surface area contributed by atoms with Crippen LogP contribution < -0.4 is 10.1 Å². The van der Waals surface area contributed by atoms with Crippen molar-refractivity contribution in [2.24, 2.45) is 5.92 Å². The van der Waals surface area contributed by atoms with Crippen LogP contribution in [0.1, 0.15) is 25.0 Å². The van der Waals surface area contributed by atoms with E-state index in [1.54, 1.807) is 30.3 Å². The second-order valence-electron chi connectivity index (χ2n) is 6.62. The lowest BCUT2D eigenvalue weighted by Crippen LogP contribution is -2.09. The molecule has 0 bridgehead atoms. The molecule has 2 aromatic rings. The molecule has 0 radical (unpaired) electrons. The maximum absolute atomic E-state index is 14.4. The fourth-order valence-electron chi connectivity index (χ4n) is 2.56. The van der Waals surface area contributed by atoms with Crippen molar-refractivity contribution in [3.05, 3.63) is 65.7 Å². The van der Waals surface area contributed by atoms with Gasteiger partial charge in [0.05, 0.1) is 20.5 Å². The van der Waals surface area contributed by atoms with Crippen LogP contribution in [0.25, 0.3) is 5.57 Å². The van der Waals surface area contributed by atoms with E-state index in [-0.39, 0.29) is 17.9 Å². The number of carbonyl (C=O) groups is 1. The molecule has 0 amide bonds. The lowest BCUT2D eigenvalue weighted by atomic mass is 10.0. The Kier molecular flexibility index (Phi) is 7.87. The van der Waals surface area contributed by atoms with Crippen molar-refractivity contribution in [3.63, 3.8) is 0 Å². The van der Waals surface area contributed by atoms with Gasteiger partial charge in [0, 0.05) is 18.3 Å². The molecule has 0 saturated heterocycles. The number of esters is 1. The van der Waals surface area contributed by atoms with Crippen LogP contribution in [0.4, 0.5) is 10.1 Å². The van der Waals surface area contributed by atoms with E-state index in [0.29, 0.717) is 22.7 Å². The Morgan fingerprint density at radius 2 is 1.93 bits per heavy atom. The zero-order valence-corrected chi connectivity index (χ0v) is 16.6. The third-order valence-corrected chi connectivity index (χ3v) is 3.98. The molecule has 0 unspecified atom stereocenters. The van der Waals surface area contributed by atoms with E-state index >= 15 is 0 Å². The average Bonchev–Trinajstić information content (AvgIpc) is 2.69. The maximum atomic E-state index is 14.4. The van der Waals surface area contributed by atoms with Crippen LogP contribution in [0.5, 0.6) is 5.75 Å². The number of halogens is 1. The highest BCUT2D eigenvalue weighted by molar-refractivity contribution is 6.16. The molecule has 0 spiro atoms. The number of rotatable bonds is 9. The largest absolute Gasteiger partial charge is 0.503 e. The number of benzene rings is 2. The summed E-state index contributed by atoms with van der Waals surface area (Å²) < 4.78 is 29.8. The van der Waals surface area contributed by atoms with Gasteiger partial charge in [-0.25, -0.2) is 9.18 Å². The van der Waals surface area contributed by atoms with E-state index in [4.69, 9.17) is 14.2 Å². The minimum Gasteiger partial charge on any atom is -0.503 e. The van der Waals surface area contributed by atoms with Crippen LogP contribution in [-0.4, -0.2) is 26.7 Å². The van der Waals surface area contributed by atoms with Crippen molar-refractivity contribution in [1.82, 2.24) is 0 Å². The summed E-state index contributed by atoms with van der Waals surface area (Å²) in [4.78, 5) is 12.1. The molecule has 0 aliphatic carbocycles. The lowest BCUT2D eigenvalue weighted by molar-refractivity contribution is -0.133. The Labute approximate surface area is 165 Å². The number of anilines is 1. The van der Waals surface area contributed by atoms with Crippen LogP contribution in [-0.2, 0) is 20.9 Å². The standard InChI is InChI=1S/C22H26FNO4/c1-15(2)12-24-17-9-10-21(20(23)11-17)28-13-16-7-5-6-8-18(16)19(14-26-3)22(25)27-4/h5-11,14-15,24H,12-13H2,1-4H3/b19-14+. The molecule has 6 heteroatoms. The van der Waals surface area contributed by atoms with Gasteiger partial charge >= 0.3 is 5.97 Å². The van der Waals surface area contributed by atoms with Gasteiger partial charge in [0.15, 0.2) is 11.6 Å². The molecule has 0 aliphatic heterocycles. The Morgan fingerprint density at radius 1 is 1.18 bits per heavy atom. The summed E-state index contributed by atoms with van der Waals surface area (Å²) >= 11 is 0. The zero-order valence-electron chi connectivity index (χ0n) is 16.6. The first-order valence-corrected chi connectivity index (χ1v) is 9.02. The van der Waals surface area contributed by atoms with Crippen LogP contribution >= 0.6 is 0 Å². The minimum absolute atomic E-state index is 0.0872. The van der Waals surface area contributed by atoms with Gasteiger partial charge in [-0.05, 0) is 29.2 Å². The Bertz CT molecular complexity index is 833. The molecule has 0 aliphatic rings. The van der Waals surface area contributed by atoms with Gasteiger partial charge in [-0.1, -0.05) is 38.1 Å². The summed E-state index contributed by atoms with van der Waals surface area (Å²) in [6.45, 7) is 5.01. The summed E-state index contributed by atoms with van der Waals surface area (Å²) in [5, 5.41) is 3.17. The van der Waals surface area contributed by atoms with Gasteiger partial charge in [-0.2, -0.15) is 0 Å². The number of ether oxygens (including phenoxy) is 3. The first-order chi connectivity index (χ1) is 13.5. The molecule has 0 aromatic heterocycles. The normalized spacial score (nSPS) is 11.3. The van der Waals surface area contributed by atoms with Crippen molar-refractivity contribution in [2.45, 2.75) is 20.5 Å². The lowest BCUT2D eigenvalue weighted by Gasteiger charge is -2.14. The van der Waals surface area contributed by atoms with Crippen LogP contribution in [0.3, 0.4) is 0 Å². The Morgan fingerprint density at radius 3 is 2.57 bits per heavy atom. The summed E-state index contributed by atoms with van der Waals surface area (Å²) in [6, 6.07) is 12.0. The molecule has 2 aromatic carbocycles. The van der Waals surface area contributed by atoms with E-state index < -0.39 is 11.8 Å². The summed E-state index contributed by atoms with van der Waals surface area (Å²) in [5.74, 6) is -0.382. The van der Waals surface area contributed by atoms with Crippen LogP contribution in [0.15, 0.2) is 48.7 Å². The van der Waals surface area contributed by atoms with Crippen molar-refractivity contribution >= 4 is 17.2 Å². The third-order valence-electron chi connectivity index (χ3n) is 3.98. The molecule has 1 N–H and O–H groups in total. The van der Waals surface area contributed by atoms with Gasteiger partial charge in [0.25, 0.3) is 0 Å². The van der Waals surface area contributed by atoms with Gasteiger partial charge in [0.2, 0.25) is 0 Å². The van der Waals surface area contributed by atoms with Gasteiger partial charge in [-0.3, -0.25) is 0 Å². The maximum Gasteiger partial charge on any atom is 0.341 e. The van der Waals surface area contributed by atoms with E-state index in [9.17, 15) is 9.18 Å². The van der Waals surface area contributed by atoms with Gasteiger partial charge in [0.1, 0.15) is 12.2 Å². The second-order valence-corrected chi connectivity index (χ2v) is 6.62. The van der Waals surface area contributed by atoms with Crippen molar-refractivity contribution in [3.8, 4) is 5.75 Å². The number of hydrogen-bond acceptors (Lipinski definition) is 5. The molecular formula is C22H26FNO4. The number of hydrogen-bond donors (Lipinski definition) is 1. The number of nitrogens with one attached hydrogen (secondary N) is 1. The van der Waals surface area contributed by atoms with Crippen molar-refractivity contribution in [1.29, 1.82) is 0 Å². The minimum atomic E-state index is -0.527. The van der Waals surface area contributed by atoms with Crippen LogP contribution in [0.2, 0.25) is 0 Å². The molecule has 150 valence electrons. The summed E-state index contributed by atoms with van der Waals surface area (Å²) in [6.07, 6.45) is 1.32. The molecule has 28 heavy (non-hydrogen) atoms. The average molecular weight is 387 g/mol. The van der Waals surface area contributed by atoms with E-state index in [1.807, 2.05) is 6.07 Å². The molecule has 0 atom stereocenters. The fourth-order valence-corrected chi connectivity index (χ4v) is 2.56. The first-order valence-electron chi connectivity index (χ1n) is 9.02. The SMILES string of the molecule is CO/C=C(/C(=O)OC)c1ccccc1COc1ccc(NCC(C)C)cc1F. The fraction of sp³-hybridized carbons (Fsp3) is 0.318. The van der Waals surface area contributed by atoms with Crippen LogP contribution in [0, 0.1) is 11.7 Å². The first kappa shape index (κ1) is 21.3. The van der Waals surface area contributed by atoms with Gasteiger partial charge in [-0.15, -0.1) is 0 Å². The molecule has 5 nitrogen and oxygen atoms in total. The monoisotopic (exact) mass is 387 g/mol. The smallest absolute Gasteiger partial charge is 0.341 e. The Balaban J connectivity index is 2.17. The van der Waals surface area contributed by atoms with E-state index in [1.165, 1.54) is 26.5 Å². The van der Waals surface area contributed by atoms with Gasteiger partial charge < -0.3 is 19.5 Å². The number of carbonyl (C=O) groups excluding carboxylic acids is 1. The highest BCUT2D eigenvalue weighted by Gasteiger charge is 2.17. The molecule has 2 rings (SSSR count). The van der Waals surface area contributed by atoms with Crippen molar-refractivity contribution < 1.29 is 23.4 Å². The number of methoxy groups -OCH3 is 2. The summed E-state index contributed by atoms with van der Waals surface area (Å²) in [7, 11) is 2.75. The van der Waals surface area contributed by atoms with E-state index in [2.05, 4.69) is 19.2 Å². The highest BCUT2D eigenvalue weighted by Crippen LogP contribution is 2.25. The zero-order chi connectivity index (χ0) is 20.5. The summed E-state index contributed by atoms with van der Waals surface area (Å²) in [5.41, 5.74) is 2.28. The third kappa shape index (κ3) is 5.74. The molecule has 0 saturated carbocycles. The topological polar surface area (TPSA) is 56.8 Å². The van der Waals surface area contributed by atoms with E-state index in [0.717, 1.165) is 6.54 Å². The molecule has 0 heterocycles. The van der Waals surface area contributed by atoms with Crippen molar-refractivity contribution in [2.75, 3.05) is 26.1 Å². The molecular weight excluding hydrogens is 361 g/mol. The molecule has 0 fully saturated rings.